The van der Waals surface area contributed by atoms with Crippen molar-refractivity contribution in [1.82, 2.24) is 9.13 Å². The van der Waals surface area contributed by atoms with Crippen LogP contribution >= 0.6 is 15.1 Å². The molecule has 0 spiro atoms. The highest BCUT2D eigenvalue weighted by Gasteiger charge is 2.32. The molecule has 2 N–H and O–H groups in total. The van der Waals surface area contributed by atoms with E-state index < -0.39 is 34.7 Å². The molecule has 0 bridgehead atoms. The van der Waals surface area contributed by atoms with Gasteiger partial charge in [-0.2, -0.15) is 0 Å². The summed E-state index contributed by atoms with van der Waals surface area (Å²) >= 11 is 0. The summed E-state index contributed by atoms with van der Waals surface area (Å²) in [6, 6.07) is 85.8. The first-order chi connectivity index (χ1) is 44.1. The number of benzene rings is 10. The number of hydrogen-bond donors (Lipinski definition) is 2. The van der Waals surface area contributed by atoms with Crippen LogP contribution in [-0.4, -0.2) is 49.7 Å². The van der Waals surface area contributed by atoms with Crippen LogP contribution < -0.4 is 21.2 Å². The van der Waals surface area contributed by atoms with Gasteiger partial charge in [0.25, 0.3) is 0 Å². The monoisotopic (exact) mass is 1250 g/mol. The summed E-state index contributed by atoms with van der Waals surface area (Å²) in [5.41, 5.74) is 18.0. The number of sulfone groups is 2. The van der Waals surface area contributed by atoms with Crippen molar-refractivity contribution in [3.63, 3.8) is 0 Å². The number of aromatic nitrogens is 2. The maximum Gasteiger partial charge on any atom is 0.214 e. The summed E-state index contributed by atoms with van der Waals surface area (Å²) in [5.74, 6) is 0. The summed E-state index contributed by atoms with van der Waals surface area (Å²) in [7, 11) is -11.8. The SMILES string of the molecule is C1CCOC1.O=P(C1=C=C=C(S(=O)(=O)c2ccc(-n3c4ccccc4c4ccccc43)cc2)C=C1)(c1ccccc1)c1ccccc1.O=S(=O)(C1=C=C=C(P(c2ccccc2)c2ccccc2)C=C1)c1ccc(-n2c3ccccc3c3ccccc32)cc1.OO. The average Bonchev–Trinajstić information content (AvgIpc) is 1.56. The number of fused-ring (bicyclic) bond motifs is 6. The Bertz CT molecular complexity index is 5010. The van der Waals surface area contributed by atoms with Crippen LogP contribution in [0.15, 0.2) is 344 Å². The predicted octanol–water partition coefficient (Wildman–Crippen LogP) is 16.3. The first kappa shape index (κ1) is 60.6. The maximum atomic E-state index is 14.6. The highest BCUT2D eigenvalue weighted by Crippen LogP contribution is 2.52. The molecule has 1 aliphatic heterocycles. The van der Waals surface area contributed by atoms with Crippen LogP contribution in [0.4, 0.5) is 0 Å². The molecule has 3 aliphatic rings. The second-order valence-corrected chi connectivity index (χ2v) is 29.8. The van der Waals surface area contributed by atoms with Crippen molar-refractivity contribution in [3.8, 4) is 11.4 Å². The van der Waals surface area contributed by atoms with Crippen LogP contribution in [0, 0.1) is 0 Å². The van der Waals surface area contributed by atoms with Crippen molar-refractivity contribution in [1.29, 1.82) is 0 Å². The third-order valence-corrected chi connectivity index (χ3v) is 24.4. The number of para-hydroxylation sites is 4. The van der Waals surface area contributed by atoms with Crippen molar-refractivity contribution in [2.75, 3.05) is 13.2 Å². The molecular weight excluding hydrogens is 1190 g/mol. The minimum absolute atomic E-state index is 0.0245. The van der Waals surface area contributed by atoms with Gasteiger partial charge < -0.3 is 18.4 Å². The smallest absolute Gasteiger partial charge is 0.214 e. The van der Waals surface area contributed by atoms with Crippen LogP contribution in [0.3, 0.4) is 0 Å². The van der Waals surface area contributed by atoms with Crippen molar-refractivity contribution in [2.45, 2.75) is 22.6 Å². The van der Waals surface area contributed by atoms with E-state index in [1.807, 2.05) is 176 Å². The minimum atomic E-state index is -3.89. The third kappa shape index (κ3) is 12.0. The second-order valence-electron chi connectivity index (χ2n) is 21.0. The first-order valence-electron chi connectivity index (χ1n) is 29.0. The van der Waals surface area contributed by atoms with E-state index in [9.17, 15) is 21.4 Å². The summed E-state index contributed by atoms with van der Waals surface area (Å²) in [6.45, 7) is 2.00. The molecule has 10 nitrogen and oxygen atoms in total. The zero-order valence-corrected chi connectivity index (χ0v) is 51.9. The van der Waals surface area contributed by atoms with Crippen molar-refractivity contribution >= 4 is 99.6 Å². The van der Waals surface area contributed by atoms with Gasteiger partial charge >= 0.3 is 0 Å². The summed E-state index contributed by atoms with van der Waals surface area (Å²) in [6.07, 6.45) is 9.15. The van der Waals surface area contributed by atoms with Crippen LogP contribution in [-0.2, 0) is 29.0 Å². The summed E-state index contributed by atoms with van der Waals surface area (Å²) < 4.78 is 78.3. The number of nitrogens with zero attached hydrogens (tertiary/aromatic N) is 2. The fraction of sp³-hybridized carbons (Fsp3) is 0.0526. The highest BCUT2D eigenvalue weighted by atomic mass is 32.2. The quantitative estimate of drug-likeness (QED) is 0.0532. The van der Waals surface area contributed by atoms with Gasteiger partial charge in [0, 0.05) is 62.1 Å². The number of allylic oxidation sites excluding steroid dienone is 6. The van der Waals surface area contributed by atoms with E-state index in [0.717, 1.165) is 73.5 Å². The second kappa shape index (κ2) is 27.0. The largest absolute Gasteiger partial charge is 0.381 e. The number of hydrogen-bond acceptors (Lipinski definition) is 8. The lowest BCUT2D eigenvalue weighted by molar-refractivity contribution is -0.176. The molecule has 0 radical (unpaired) electrons. The van der Waals surface area contributed by atoms with E-state index in [2.05, 4.69) is 105 Å². The Morgan fingerprint density at radius 1 is 0.378 bits per heavy atom. The van der Waals surface area contributed by atoms with E-state index >= 15 is 0 Å². The van der Waals surface area contributed by atoms with Gasteiger partial charge in [0.1, 0.15) is 9.81 Å². The van der Waals surface area contributed by atoms with Gasteiger partial charge in [-0.05, 0) is 140 Å². The molecule has 0 amide bonds. The number of rotatable bonds is 12. The zero-order chi connectivity index (χ0) is 62.1. The van der Waals surface area contributed by atoms with Gasteiger partial charge in [0.05, 0.1) is 37.2 Å². The number of ether oxygens (including phenoxy) is 1. The van der Waals surface area contributed by atoms with Crippen LogP contribution in [0.2, 0.25) is 0 Å². The lowest BCUT2D eigenvalue weighted by Crippen LogP contribution is -2.17. The molecule has 1 fully saturated rings. The maximum absolute atomic E-state index is 14.6. The summed E-state index contributed by atoms with van der Waals surface area (Å²) in [4.78, 5) is 0.469. The minimum Gasteiger partial charge on any atom is -0.381 e. The van der Waals surface area contributed by atoms with E-state index in [0.29, 0.717) is 15.9 Å². The average molecular weight is 1250 g/mol. The molecule has 90 heavy (non-hydrogen) atoms. The molecule has 2 aliphatic carbocycles. The van der Waals surface area contributed by atoms with Gasteiger partial charge in [-0.3, -0.25) is 10.5 Å². The molecule has 0 unspecified atom stereocenters. The van der Waals surface area contributed by atoms with E-state index in [-0.39, 0.29) is 19.6 Å². The van der Waals surface area contributed by atoms with Crippen molar-refractivity contribution < 1.29 is 36.7 Å². The van der Waals surface area contributed by atoms with Gasteiger partial charge in [0.15, 0.2) is 7.14 Å². The fourth-order valence-corrected chi connectivity index (χ4v) is 18.4. The molecular formula is C76H58N2O8P2S2. The molecule has 10 aromatic carbocycles. The molecule has 3 heterocycles. The van der Waals surface area contributed by atoms with Crippen molar-refractivity contribution in [2.24, 2.45) is 0 Å². The molecule has 12 aromatic rings. The molecule has 1 saturated heterocycles. The Balaban J connectivity index is 0.000000158. The predicted molar refractivity (Wildman–Crippen MR) is 366 cm³/mol. The van der Waals surface area contributed by atoms with Crippen LogP contribution in [0.1, 0.15) is 12.8 Å². The topological polar surface area (TPSA) is 145 Å². The van der Waals surface area contributed by atoms with Gasteiger partial charge in [0.2, 0.25) is 19.7 Å². The molecule has 14 heteroatoms. The normalized spacial score (nSPS) is 13.6. The van der Waals surface area contributed by atoms with E-state index in [4.69, 9.17) is 15.3 Å². The van der Waals surface area contributed by atoms with E-state index in [1.54, 1.807) is 36.4 Å². The molecule has 442 valence electrons. The standard InChI is InChI=1S/C36H24NO3PS.C36H24NO2PS.C4H8O.H2O2/c38-41(28-11-3-1-4-12-28,29-13-5-2-6-14-29)30-21-25-32(26-22-30)42(39,40)31-23-19-27(20-24-31)37-35-17-9-7-15-33(35)34-16-8-10-18-36(34)37;38-41(39,32-25-21-30(22-26-32)40(28-11-3-1-4-12-28)29-13-5-2-6-14-29)31-23-19-27(20-24-31)37-35-17-9-7-15-33(35)34-16-8-10-18-36(34)37;1-2-4-5-3-1;1-2/h1-21,23-25H;1-21,23-25H;1-4H2;1-2H. The van der Waals surface area contributed by atoms with Gasteiger partial charge in [-0.25, -0.2) is 16.8 Å². The molecule has 15 rings (SSSR count). The first-order valence-corrected chi connectivity index (χ1v) is 35.1. The fourth-order valence-electron chi connectivity index (χ4n) is 11.4. The third-order valence-electron chi connectivity index (χ3n) is 15.6. The van der Waals surface area contributed by atoms with E-state index in [1.165, 1.54) is 29.5 Å². The summed E-state index contributed by atoms with van der Waals surface area (Å²) in [5, 5.41) is 21.6. The van der Waals surface area contributed by atoms with Gasteiger partial charge in [-0.15, -0.1) is 0 Å². The van der Waals surface area contributed by atoms with Crippen molar-refractivity contribution in [3.05, 3.63) is 335 Å². The van der Waals surface area contributed by atoms with Crippen LogP contribution in [0.5, 0.6) is 0 Å². The van der Waals surface area contributed by atoms with Gasteiger partial charge in [-0.1, -0.05) is 206 Å². The molecule has 0 atom stereocenters. The highest BCUT2D eigenvalue weighted by molar-refractivity contribution is 7.95. The lowest BCUT2D eigenvalue weighted by atomic mass is 10.2. The Morgan fingerprint density at radius 2 is 0.711 bits per heavy atom. The molecule has 0 saturated carbocycles. The lowest BCUT2D eigenvalue weighted by Gasteiger charge is -2.20. The Hall–Kier alpha value is -9.68. The Kier molecular flexibility index (Phi) is 18.2. The zero-order valence-electron chi connectivity index (χ0n) is 48.5. The van der Waals surface area contributed by atoms with Crippen LogP contribution in [0.25, 0.3) is 55.0 Å². The Labute approximate surface area is 523 Å². The Morgan fingerprint density at radius 3 is 1.03 bits per heavy atom. The molecule has 2 aromatic heterocycles.